The summed E-state index contributed by atoms with van der Waals surface area (Å²) in [7, 11) is 0. The van der Waals surface area contributed by atoms with Crippen LogP contribution in [0.25, 0.3) is 0 Å². The van der Waals surface area contributed by atoms with Crippen LogP contribution in [0.15, 0.2) is 0 Å². The molecular weight excluding hydrogens is 214 g/mol. The maximum absolute atomic E-state index is 12.1. The highest BCUT2D eigenvalue weighted by Crippen LogP contribution is 2.30. The minimum atomic E-state index is 0.202. The van der Waals surface area contributed by atoms with Gasteiger partial charge in [0.1, 0.15) is 0 Å². The molecule has 1 atom stereocenters. The lowest BCUT2D eigenvalue weighted by Gasteiger charge is -2.34. The first-order valence-electron chi connectivity index (χ1n) is 7.12. The number of amides is 2. The number of likely N-dealkylation sites (tertiary alicyclic amines) is 1. The predicted octanol–water partition coefficient (Wildman–Crippen LogP) is 1.32. The van der Waals surface area contributed by atoms with Crippen molar-refractivity contribution in [2.45, 2.75) is 50.6 Å². The second-order valence-corrected chi connectivity index (χ2v) is 5.71. The topological polar surface area (TPSA) is 44.4 Å². The summed E-state index contributed by atoms with van der Waals surface area (Å²) in [6.45, 7) is 3.21. The molecule has 2 N–H and O–H groups in total. The van der Waals surface area contributed by atoms with Crippen LogP contribution in [0.5, 0.6) is 0 Å². The highest BCUT2D eigenvalue weighted by molar-refractivity contribution is 5.75. The summed E-state index contributed by atoms with van der Waals surface area (Å²) in [6.07, 6.45) is 7.22. The third-order valence-electron chi connectivity index (χ3n) is 4.39. The van der Waals surface area contributed by atoms with E-state index in [9.17, 15) is 4.79 Å². The molecule has 4 nitrogen and oxygen atoms in total. The van der Waals surface area contributed by atoms with Crippen molar-refractivity contribution >= 4 is 6.03 Å². The zero-order valence-electron chi connectivity index (χ0n) is 10.5. The average Bonchev–Trinajstić information content (AvgIpc) is 3.04. The molecule has 3 rings (SSSR count). The molecule has 96 valence electrons. The van der Waals surface area contributed by atoms with Gasteiger partial charge in [-0.05, 0) is 57.5 Å². The molecule has 17 heavy (non-hydrogen) atoms. The van der Waals surface area contributed by atoms with Crippen LogP contribution in [0.1, 0.15) is 38.5 Å². The largest absolute Gasteiger partial charge is 0.335 e. The number of nitrogens with zero attached hydrogens (tertiary/aromatic N) is 1. The molecule has 2 aliphatic heterocycles. The van der Waals surface area contributed by atoms with E-state index in [1.807, 2.05) is 0 Å². The van der Waals surface area contributed by atoms with Crippen LogP contribution in [0.4, 0.5) is 4.79 Å². The van der Waals surface area contributed by atoms with Crippen LogP contribution in [-0.2, 0) is 0 Å². The van der Waals surface area contributed by atoms with E-state index in [0.29, 0.717) is 12.1 Å². The summed E-state index contributed by atoms with van der Waals surface area (Å²) in [5.41, 5.74) is 0. The van der Waals surface area contributed by atoms with Gasteiger partial charge in [-0.1, -0.05) is 0 Å². The molecule has 0 aromatic carbocycles. The Bertz CT molecular complexity index is 284. The molecule has 1 saturated carbocycles. The lowest BCUT2D eigenvalue weighted by atomic mass is 9.89. The normalized spacial score (nSPS) is 30.6. The van der Waals surface area contributed by atoms with Crippen molar-refractivity contribution in [1.29, 1.82) is 0 Å². The third-order valence-corrected chi connectivity index (χ3v) is 4.39. The summed E-state index contributed by atoms with van der Waals surface area (Å²) in [4.78, 5) is 14.3. The van der Waals surface area contributed by atoms with E-state index in [0.717, 1.165) is 25.6 Å². The number of carbonyl (C=O) groups is 1. The van der Waals surface area contributed by atoms with Crippen LogP contribution in [0.3, 0.4) is 0 Å². The third kappa shape index (κ3) is 2.57. The fourth-order valence-electron chi connectivity index (χ4n) is 3.25. The molecule has 2 amide bonds. The van der Waals surface area contributed by atoms with Gasteiger partial charge in [0.2, 0.25) is 0 Å². The van der Waals surface area contributed by atoms with E-state index in [1.54, 1.807) is 0 Å². The monoisotopic (exact) mass is 237 g/mol. The van der Waals surface area contributed by atoms with Crippen molar-refractivity contribution in [2.24, 2.45) is 5.92 Å². The van der Waals surface area contributed by atoms with Gasteiger partial charge in [0, 0.05) is 18.6 Å². The number of hydrogen-bond donors (Lipinski definition) is 2. The molecule has 0 aromatic rings. The standard InChI is InChI=1S/C13H23N3O/c17-13(15-11-3-4-11)16-9-1-2-12(16)10-5-7-14-8-6-10/h10-12,14H,1-9H2,(H,15,17). The van der Waals surface area contributed by atoms with Gasteiger partial charge in [-0.25, -0.2) is 4.79 Å². The van der Waals surface area contributed by atoms with Crippen LogP contribution < -0.4 is 10.6 Å². The first kappa shape index (κ1) is 11.3. The fourth-order valence-corrected chi connectivity index (χ4v) is 3.25. The van der Waals surface area contributed by atoms with Gasteiger partial charge in [-0.15, -0.1) is 0 Å². The molecule has 1 unspecified atom stereocenters. The summed E-state index contributed by atoms with van der Waals surface area (Å²) in [6, 6.07) is 1.20. The Labute approximate surface area is 103 Å². The molecular formula is C13H23N3O. The number of hydrogen-bond acceptors (Lipinski definition) is 2. The molecule has 0 aromatic heterocycles. The van der Waals surface area contributed by atoms with Gasteiger partial charge in [0.25, 0.3) is 0 Å². The Kier molecular flexibility index (Phi) is 3.23. The molecule has 0 radical (unpaired) electrons. The quantitative estimate of drug-likeness (QED) is 0.761. The van der Waals surface area contributed by atoms with Crippen molar-refractivity contribution < 1.29 is 4.79 Å². The Morgan fingerprint density at radius 2 is 1.88 bits per heavy atom. The van der Waals surface area contributed by atoms with Crippen molar-refractivity contribution in [3.8, 4) is 0 Å². The summed E-state index contributed by atoms with van der Waals surface area (Å²) in [5.74, 6) is 0.726. The number of rotatable bonds is 2. The molecule has 0 bridgehead atoms. The molecule has 4 heteroatoms. The van der Waals surface area contributed by atoms with Crippen LogP contribution in [-0.4, -0.2) is 42.6 Å². The fraction of sp³-hybridized carbons (Fsp3) is 0.923. The Morgan fingerprint density at radius 3 is 2.59 bits per heavy atom. The van der Waals surface area contributed by atoms with Crippen molar-refractivity contribution in [1.82, 2.24) is 15.5 Å². The van der Waals surface area contributed by atoms with Crippen molar-refractivity contribution in [3.05, 3.63) is 0 Å². The minimum absolute atomic E-state index is 0.202. The van der Waals surface area contributed by atoms with Gasteiger partial charge < -0.3 is 15.5 Å². The zero-order valence-corrected chi connectivity index (χ0v) is 10.5. The summed E-state index contributed by atoms with van der Waals surface area (Å²) < 4.78 is 0. The van der Waals surface area contributed by atoms with E-state index in [1.165, 1.54) is 38.5 Å². The average molecular weight is 237 g/mol. The Balaban J connectivity index is 1.59. The van der Waals surface area contributed by atoms with Gasteiger partial charge in [-0.3, -0.25) is 0 Å². The number of nitrogens with one attached hydrogen (secondary N) is 2. The van der Waals surface area contributed by atoms with Crippen molar-refractivity contribution in [2.75, 3.05) is 19.6 Å². The zero-order chi connectivity index (χ0) is 11.7. The van der Waals surface area contributed by atoms with Gasteiger partial charge >= 0.3 is 6.03 Å². The van der Waals surface area contributed by atoms with E-state index in [2.05, 4.69) is 15.5 Å². The lowest BCUT2D eigenvalue weighted by molar-refractivity contribution is 0.159. The van der Waals surface area contributed by atoms with E-state index in [4.69, 9.17) is 0 Å². The molecule has 2 saturated heterocycles. The highest BCUT2D eigenvalue weighted by atomic mass is 16.2. The first-order valence-corrected chi connectivity index (χ1v) is 7.12. The SMILES string of the molecule is O=C(NC1CC1)N1CCCC1C1CCNCC1. The van der Waals surface area contributed by atoms with Gasteiger partial charge in [-0.2, -0.15) is 0 Å². The molecule has 3 aliphatic rings. The van der Waals surface area contributed by atoms with Gasteiger partial charge in [0.15, 0.2) is 0 Å². The van der Waals surface area contributed by atoms with Crippen LogP contribution in [0.2, 0.25) is 0 Å². The molecule has 2 heterocycles. The van der Waals surface area contributed by atoms with E-state index in [-0.39, 0.29) is 6.03 Å². The summed E-state index contributed by atoms with van der Waals surface area (Å²) in [5, 5.41) is 6.54. The smallest absolute Gasteiger partial charge is 0.317 e. The molecule has 0 spiro atoms. The maximum Gasteiger partial charge on any atom is 0.317 e. The maximum atomic E-state index is 12.1. The summed E-state index contributed by atoms with van der Waals surface area (Å²) >= 11 is 0. The molecule has 3 fully saturated rings. The van der Waals surface area contributed by atoms with Crippen molar-refractivity contribution in [3.63, 3.8) is 0 Å². The van der Waals surface area contributed by atoms with Gasteiger partial charge in [0.05, 0.1) is 0 Å². The Morgan fingerprint density at radius 1 is 1.12 bits per heavy atom. The number of urea groups is 1. The second kappa shape index (κ2) is 4.84. The lowest BCUT2D eigenvalue weighted by Crippen LogP contribution is -2.48. The second-order valence-electron chi connectivity index (χ2n) is 5.71. The minimum Gasteiger partial charge on any atom is -0.335 e. The van der Waals surface area contributed by atoms with E-state index >= 15 is 0 Å². The van der Waals surface area contributed by atoms with Crippen LogP contribution >= 0.6 is 0 Å². The Hall–Kier alpha value is -0.770. The number of carbonyl (C=O) groups excluding carboxylic acids is 1. The predicted molar refractivity (Wildman–Crippen MR) is 66.9 cm³/mol. The van der Waals surface area contributed by atoms with Crippen LogP contribution in [0, 0.1) is 5.92 Å². The molecule has 1 aliphatic carbocycles. The highest BCUT2D eigenvalue weighted by Gasteiger charge is 2.36. The van der Waals surface area contributed by atoms with E-state index < -0.39 is 0 Å². The number of piperidine rings is 1. The first-order chi connectivity index (χ1) is 8.34.